The van der Waals surface area contributed by atoms with Crippen molar-refractivity contribution in [2.24, 2.45) is 0 Å². The number of carbonyl (C=O) groups excluding carboxylic acids is 1. The summed E-state index contributed by atoms with van der Waals surface area (Å²) in [6.07, 6.45) is 0.489. The van der Waals surface area contributed by atoms with Crippen molar-refractivity contribution >= 4 is 39.1 Å². The Morgan fingerprint density at radius 3 is 2.32 bits per heavy atom. The second-order valence-corrected chi connectivity index (χ2v) is 11.0. The molecule has 1 amide bonds. The Labute approximate surface area is 207 Å². The van der Waals surface area contributed by atoms with Gasteiger partial charge in [0.2, 0.25) is 10.0 Å². The minimum absolute atomic E-state index is 0.00555. The van der Waals surface area contributed by atoms with Gasteiger partial charge in [-0.25, -0.2) is 8.42 Å². The number of sulfonamides is 1. The Kier molecular flexibility index (Phi) is 6.39. The smallest absolute Gasteiger partial charge is 0.253 e. The first-order chi connectivity index (χ1) is 16.4. The van der Waals surface area contributed by atoms with Gasteiger partial charge in [-0.1, -0.05) is 41.4 Å². The summed E-state index contributed by atoms with van der Waals surface area (Å²) in [6, 6.07) is 11.9. The number of halogens is 2. The summed E-state index contributed by atoms with van der Waals surface area (Å²) in [5.41, 5.74) is 3.80. The molecule has 0 spiro atoms. The van der Waals surface area contributed by atoms with E-state index in [9.17, 15) is 13.2 Å². The summed E-state index contributed by atoms with van der Waals surface area (Å²) in [6.45, 7) is 3.40. The van der Waals surface area contributed by atoms with E-state index in [4.69, 9.17) is 23.2 Å². The van der Waals surface area contributed by atoms with Crippen molar-refractivity contribution in [1.29, 1.82) is 0 Å². The third-order valence-corrected chi connectivity index (χ3v) is 9.03. The zero-order valence-corrected chi connectivity index (χ0v) is 20.6. The quantitative estimate of drug-likeness (QED) is 0.551. The SMILES string of the molecule is O=C(c1ccc(-c2n[nH]c3c2CN(S(=O)(=O)c2c(Cl)cccc2Cl)CC3)cc1)N1CCNCC1. The van der Waals surface area contributed by atoms with E-state index in [1.165, 1.54) is 16.4 Å². The Morgan fingerprint density at radius 2 is 1.65 bits per heavy atom. The van der Waals surface area contributed by atoms with Crippen molar-refractivity contribution in [3.05, 3.63) is 69.3 Å². The molecular formula is C23H23Cl2N5O3S. The molecule has 178 valence electrons. The Bertz CT molecular complexity index is 1310. The fourth-order valence-electron chi connectivity index (χ4n) is 4.39. The first-order valence-corrected chi connectivity index (χ1v) is 13.2. The van der Waals surface area contributed by atoms with Crippen molar-refractivity contribution in [1.82, 2.24) is 24.7 Å². The lowest BCUT2D eigenvalue weighted by molar-refractivity contribution is 0.0736. The van der Waals surface area contributed by atoms with Gasteiger partial charge in [-0.15, -0.1) is 0 Å². The lowest BCUT2D eigenvalue weighted by atomic mass is 10.0. The summed E-state index contributed by atoms with van der Waals surface area (Å²) in [5, 5.41) is 10.9. The van der Waals surface area contributed by atoms with Crippen molar-refractivity contribution in [2.75, 3.05) is 32.7 Å². The number of piperazine rings is 1. The number of H-pyrrole nitrogens is 1. The highest BCUT2D eigenvalue weighted by Crippen LogP contribution is 2.35. The van der Waals surface area contributed by atoms with Crippen molar-refractivity contribution < 1.29 is 13.2 Å². The monoisotopic (exact) mass is 519 g/mol. The molecule has 34 heavy (non-hydrogen) atoms. The number of rotatable bonds is 4. The van der Waals surface area contributed by atoms with Crippen LogP contribution in [0.5, 0.6) is 0 Å². The second-order valence-electron chi connectivity index (χ2n) is 8.29. The van der Waals surface area contributed by atoms with Gasteiger partial charge in [-0.2, -0.15) is 9.40 Å². The van der Waals surface area contributed by atoms with Gasteiger partial charge in [-0.3, -0.25) is 9.89 Å². The number of hydrogen-bond acceptors (Lipinski definition) is 5. The highest BCUT2D eigenvalue weighted by Gasteiger charge is 2.34. The third-order valence-electron chi connectivity index (χ3n) is 6.22. The van der Waals surface area contributed by atoms with Gasteiger partial charge in [0.15, 0.2) is 0 Å². The van der Waals surface area contributed by atoms with Gasteiger partial charge in [0, 0.05) is 68.1 Å². The van der Waals surface area contributed by atoms with Gasteiger partial charge in [0.1, 0.15) is 4.90 Å². The Balaban J connectivity index is 1.41. The topological polar surface area (TPSA) is 98.4 Å². The normalized spacial score (nSPS) is 16.9. The summed E-state index contributed by atoms with van der Waals surface area (Å²) in [7, 11) is -3.90. The zero-order chi connectivity index (χ0) is 23.9. The number of fused-ring (bicyclic) bond motifs is 1. The van der Waals surface area contributed by atoms with Gasteiger partial charge >= 0.3 is 0 Å². The van der Waals surface area contributed by atoms with Crippen molar-refractivity contribution in [3.63, 3.8) is 0 Å². The molecule has 3 heterocycles. The van der Waals surface area contributed by atoms with E-state index in [2.05, 4.69) is 15.5 Å². The molecule has 3 aromatic rings. The molecule has 8 nitrogen and oxygen atoms in total. The number of aromatic amines is 1. The van der Waals surface area contributed by atoms with Crippen molar-refractivity contribution in [3.8, 4) is 11.3 Å². The molecule has 1 aromatic heterocycles. The molecule has 0 saturated carbocycles. The van der Waals surface area contributed by atoms with Crippen LogP contribution in [0.2, 0.25) is 10.0 Å². The average molecular weight is 520 g/mol. The molecule has 0 atom stereocenters. The van der Waals surface area contributed by atoms with E-state index in [0.717, 1.165) is 29.9 Å². The van der Waals surface area contributed by atoms with E-state index < -0.39 is 10.0 Å². The maximum atomic E-state index is 13.4. The van der Waals surface area contributed by atoms with Crippen LogP contribution in [-0.2, 0) is 23.0 Å². The van der Waals surface area contributed by atoms with Crippen LogP contribution in [0, 0.1) is 0 Å². The largest absolute Gasteiger partial charge is 0.336 e. The summed E-state index contributed by atoms with van der Waals surface area (Å²) >= 11 is 12.4. The van der Waals surface area contributed by atoms with Gasteiger partial charge in [0.05, 0.1) is 15.7 Å². The lowest BCUT2D eigenvalue weighted by Gasteiger charge is -2.27. The van der Waals surface area contributed by atoms with Gasteiger partial charge < -0.3 is 10.2 Å². The number of aromatic nitrogens is 2. The number of carbonyl (C=O) groups is 1. The number of hydrogen-bond donors (Lipinski definition) is 2. The Hall–Kier alpha value is -2.43. The van der Waals surface area contributed by atoms with E-state index in [1.54, 1.807) is 18.2 Å². The minimum atomic E-state index is -3.90. The second kappa shape index (κ2) is 9.31. The van der Waals surface area contributed by atoms with Crippen LogP contribution in [-0.4, -0.2) is 66.5 Å². The fourth-order valence-corrected chi connectivity index (χ4v) is 6.89. The predicted molar refractivity (Wildman–Crippen MR) is 131 cm³/mol. The first-order valence-electron chi connectivity index (χ1n) is 11.0. The van der Waals surface area contributed by atoms with Crippen LogP contribution in [0.25, 0.3) is 11.3 Å². The maximum absolute atomic E-state index is 13.4. The van der Waals surface area contributed by atoms with Crippen molar-refractivity contribution in [2.45, 2.75) is 17.9 Å². The molecule has 1 fully saturated rings. The highest BCUT2D eigenvalue weighted by molar-refractivity contribution is 7.89. The maximum Gasteiger partial charge on any atom is 0.253 e. The van der Waals surface area contributed by atoms with Crippen LogP contribution in [0.4, 0.5) is 0 Å². The molecule has 1 saturated heterocycles. The molecule has 2 aliphatic rings. The number of nitrogens with one attached hydrogen (secondary N) is 2. The summed E-state index contributed by atoms with van der Waals surface area (Å²) in [4.78, 5) is 14.5. The molecule has 2 aliphatic heterocycles. The van der Waals surface area contributed by atoms with Crippen LogP contribution in [0.3, 0.4) is 0 Å². The summed E-state index contributed by atoms with van der Waals surface area (Å²) in [5.74, 6) is 0.00555. The molecule has 2 N–H and O–H groups in total. The fraction of sp³-hybridized carbons (Fsp3) is 0.304. The van der Waals surface area contributed by atoms with Crippen LogP contribution in [0.15, 0.2) is 47.4 Å². The predicted octanol–water partition coefficient (Wildman–Crippen LogP) is 3.18. The zero-order valence-electron chi connectivity index (χ0n) is 18.2. The van der Waals surface area contributed by atoms with Crippen LogP contribution >= 0.6 is 23.2 Å². The third kappa shape index (κ3) is 4.23. The summed E-state index contributed by atoms with van der Waals surface area (Å²) < 4.78 is 28.1. The van der Waals surface area contributed by atoms with Gasteiger partial charge in [-0.05, 0) is 24.3 Å². The van der Waals surface area contributed by atoms with Crippen LogP contribution in [0.1, 0.15) is 21.6 Å². The van der Waals surface area contributed by atoms with Crippen LogP contribution < -0.4 is 5.32 Å². The number of nitrogens with zero attached hydrogens (tertiary/aromatic N) is 3. The number of benzene rings is 2. The average Bonchev–Trinajstić information content (AvgIpc) is 3.27. The molecule has 0 aliphatic carbocycles. The molecule has 11 heteroatoms. The molecule has 0 radical (unpaired) electrons. The molecule has 5 rings (SSSR count). The molecule has 2 aromatic carbocycles. The molecular weight excluding hydrogens is 497 g/mol. The molecule has 0 unspecified atom stereocenters. The van der Waals surface area contributed by atoms with E-state index in [1.807, 2.05) is 17.0 Å². The lowest BCUT2D eigenvalue weighted by Crippen LogP contribution is -2.46. The number of amides is 1. The van der Waals surface area contributed by atoms with E-state index >= 15 is 0 Å². The minimum Gasteiger partial charge on any atom is -0.336 e. The Morgan fingerprint density at radius 1 is 0.971 bits per heavy atom. The molecule has 0 bridgehead atoms. The van der Waals surface area contributed by atoms with E-state index in [-0.39, 0.29) is 33.9 Å². The standard InChI is InChI=1S/C23H23Cl2N5O3S/c24-18-2-1-3-19(25)22(18)34(32,33)30-11-8-20-17(14-30)21(28-27-20)15-4-6-16(7-5-15)23(31)29-12-9-26-10-13-29/h1-7,26H,8-14H2,(H,27,28). The first kappa shape index (κ1) is 23.3. The van der Waals surface area contributed by atoms with E-state index in [0.29, 0.717) is 30.8 Å². The van der Waals surface area contributed by atoms with Gasteiger partial charge in [0.25, 0.3) is 5.91 Å². The highest BCUT2D eigenvalue weighted by atomic mass is 35.5.